The normalized spacial score (nSPS) is 22.7. The Hall–Kier alpha value is -2.35. The van der Waals surface area contributed by atoms with Crippen molar-refractivity contribution in [1.82, 2.24) is 19.5 Å². The SMILES string of the molecule is NCc1ccsc1C(=O)O[C@@H]1C[C@H](n2cnc3c(=O)[nH]c(N)nc32)OC1COP(=O)(O)OP(=O)(O)OP(=O)(O)O. The fraction of sp³-hybridized carbons (Fsp3) is 0.375. The maximum atomic E-state index is 12.9. The van der Waals surface area contributed by atoms with Crippen LogP contribution in [0.5, 0.6) is 0 Å². The number of thiophene rings is 1. The van der Waals surface area contributed by atoms with E-state index >= 15 is 0 Å². The lowest BCUT2D eigenvalue weighted by Gasteiger charge is -2.21. The van der Waals surface area contributed by atoms with E-state index in [0.717, 1.165) is 11.3 Å². The molecule has 3 unspecified atom stereocenters. The van der Waals surface area contributed by atoms with Crippen LogP contribution in [0.25, 0.3) is 11.2 Å². The molecule has 4 rings (SSSR count). The van der Waals surface area contributed by atoms with Gasteiger partial charge in [-0.15, -0.1) is 11.3 Å². The number of esters is 1. The van der Waals surface area contributed by atoms with E-state index in [-0.39, 0.29) is 35.0 Å². The molecule has 24 heteroatoms. The lowest BCUT2D eigenvalue weighted by molar-refractivity contribution is -0.0489. The fourth-order valence-electron chi connectivity index (χ4n) is 3.64. The molecule has 0 aromatic carbocycles. The second kappa shape index (κ2) is 11.5. The zero-order valence-corrected chi connectivity index (χ0v) is 23.2. The first-order valence-corrected chi connectivity index (χ1v) is 16.1. The van der Waals surface area contributed by atoms with Crippen LogP contribution in [-0.2, 0) is 42.9 Å². The average Bonchev–Trinajstić information content (AvgIpc) is 3.53. The molecule has 20 nitrogen and oxygen atoms in total. The van der Waals surface area contributed by atoms with Gasteiger partial charge in [0.05, 0.1) is 12.9 Å². The van der Waals surface area contributed by atoms with Crippen molar-refractivity contribution in [3.63, 3.8) is 0 Å². The number of nitrogens with two attached hydrogens (primary N) is 2. The van der Waals surface area contributed by atoms with E-state index in [1.54, 1.807) is 11.4 Å². The van der Waals surface area contributed by atoms with Gasteiger partial charge >= 0.3 is 29.4 Å². The Morgan fingerprint density at radius 3 is 2.62 bits per heavy atom. The summed E-state index contributed by atoms with van der Waals surface area (Å²) in [5.74, 6) is -1.03. The number of nitrogens with one attached hydrogen (secondary N) is 1. The largest absolute Gasteiger partial charge is 0.490 e. The molecule has 3 aromatic heterocycles. The molecule has 220 valence electrons. The summed E-state index contributed by atoms with van der Waals surface area (Å²) in [6, 6.07) is 1.62. The van der Waals surface area contributed by atoms with E-state index in [1.807, 2.05) is 0 Å². The van der Waals surface area contributed by atoms with E-state index in [2.05, 4.69) is 28.1 Å². The van der Waals surface area contributed by atoms with Crippen molar-refractivity contribution in [3.05, 3.63) is 38.6 Å². The molecule has 4 heterocycles. The Bertz CT molecular complexity index is 1620. The number of ether oxygens (including phenoxy) is 2. The van der Waals surface area contributed by atoms with Crippen LogP contribution < -0.4 is 17.0 Å². The lowest BCUT2D eigenvalue weighted by atomic mass is 10.2. The maximum absolute atomic E-state index is 12.9. The quantitative estimate of drug-likeness (QED) is 0.107. The van der Waals surface area contributed by atoms with Crippen LogP contribution in [0.3, 0.4) is 0 Å². The smallest absolute Gasteiger partial charge is 0.455 e. The second-order valence-electron chi connectivity index (χ2n) is 7.95. The van der Waals surface area contributed by atoms with Gasteiger partial charge in [0.25, 0.3) is 5.56 Å². The number of rotatable bonds is 11. The molecule has 0 amide bonds. The molecule has 40 heavy (non-hydrogen) atoms. The van der Waals surface area contributed by atoms with Gasteiger partial charge in [0.1, 0.15) is 23.3 Å². The third kappa shape index (κ3) is 7.29. The van der Waals surface area contributed by atoms with Crippen molar-refractivity contribution < 1.29 is 60.7 Å². The molecule has 1 aliphatic rings. The van der Waals surface area contributed by atoms with Gasteiger partial charge < -0.3 is 40.5 Å². The first kappa shape index (κ1) is 30.6. The topological polar surface area (TPSA) is 311 Å². The summed E-state index contributed by atoms with van der Waals surface area (Å²) < 4.78 is 59.4. The van der Waals surface area contributed by atoms with Gasteiger partial charge in [0.15, 0.2) is 11.2 Å². The molecule has 0 saturated carbocycles. The molecular formula is C16H21N6O14P3S. The number of aromatic nitrogens is 4. The van der Waals surface area contributed by atoms with E-state index < -0.39 is 60.0 Å². The summed E-state index contributed by atoms with van der Waals surface area (Å²) in [4.78, 5) is 72.0. The highest BCUT2D eigenvalue weighted by Gasteiger charge is 2.44. The minimum atomic E-state index is -5.77. The number of carbonyl (C=O) groups is 1. The van der Waals surface area contributed by atoms with Gasteiger partial charge in [0, 0.05) is 13.0 Å². The molecule has 1 aliphatic heterocycles. The number of hydrogen-bond acceptors (Lipinski definition) is 15. The number of imidazole rings is 1. The van der Waals surface area contributed by atoms with Crippen LogP contribution >= 0.6 is 34.8 Å². The second-order valence-corrected chi connectivity index (χ2v) is 13.3. The summed E-state index contributed by atoms with van der Waals surface area (Å²) in [5, 5.41) is 1.62. The van der Waals surface area contributed by atoms with Gasteiger partial charge in [0.2, 0.25) is 5.95 Å². The fourth-order valence-corrected chi connectivity index (χ4v) is 7.48. The van der Waals surface area contributed by atoms with Crippen molar-refractivity contribution >= 4 is 57.9 Å². The van der Waals surface area contributed by atoms with Crippen LogP contribution in [0.1, 0.15) is 27.9 Å². The number of nitrogen functional groups attached to an aromatic ring is 1. The highest BCUT2D eigenvalue weighted by atomic mass is 32.1. The summed E-state index contributed by atoms with van der Waals surface area (Å²) in [6.07, 6.45) is -2.49. The predicted octanol–water partition coefficient (Wildman–Crippen LogP) is 0.0784. The number of H-pyrrole nitrogens is 1. The first-order chi connectivity index (χ1) is 18.6. The van der Waals surface area contributed by atoms with Crippen molar-refractivity contribution in [3.8, 4) is 0 Å². The first-order valence-electron chi connectivity index (χ1n) is 10.7. The standard InChI is InChI=1S/C16H21N6O14P3S/c17-4-7-1-2-40-12(7)15(24)34-8-3-10(22-6-19-11-13(22)20-16(18)21-14(11)23)33-9(8)5-32-38(28,29)36-39(30,31)35-37(25,26)27/h1-2,6,8-10H,3-5,17H2,(H,28,29)(H,30,31)(H2,25,26,27)(H3,18,20,21,23)/t8-,9?,10-/m1/s1. The van der Waals surface area contributed by atoms with Gasteiger partial charge in [-0.2, -0.15) is 13.6 Å². The Balaban J connectivity index is 1.56. The van der Waals surface area contributed by atoms with Crippen molar-refractivity contribution in [2.45, 2.75) is 31.4 Å². The molecule has 0 aliphatic carbocycles. The van der Waals surface area contributed by atoms with Gasteiger partial charge in [-0.1, -0.05) is 0 Å². The molecule has 1 fully saturated rings. The minimum Gasteiger partial charge on any atom is -0.455 e. The number of anilines is 1. The van der Waals surface area contributed by atoms with Crippen molar-refractivity contribution in [2.75, 3.05) is 12.3 Å². The Morgan fingerprint density at radius 1 is 1.23 bits per heavy atom. The molecule has 0 spiro atoms. The molecule has 0 radical (unpaired) electrons. The van der Waals surface area contributed by atoms with E-state index in [4.69, 9.17) is 30.7 Å². The summed E-state index contributed by atoms with van der Waals surface area (Å²) in [7, 11) is -16.9. The van der Waals surface area contributed by atoms with E-state index in [9.17, 15) is 33.1 Å². The van der Waals surface area contributed by atoms with E-state index in [1.165, 1.54) is 10.9 Å². The summed E-state index contributed by atoms with van der Waals surface area (Å²) in [6.45, 7) is -0.870. The number of phosphoric ester groups is 1. The third-order valence-electron chi connectivity index (χ3n) is 5.17. The Kier molecular flexibility index (Phi) is 8.80. The zero-order chi connectivity index (χ0) is 29.5. The van der Waals surface area contributed by atoms with Crippen LogP contribution in [0, 0.1) is 0 Å². The molecule has 9 N–H and O–H groups in total. The number of carbonyl (C=O) groups excluding carboxylic acids is 1. The van der Waals surface area contributed by atoms with Crippen molar-refractivity contribution in [1.29, 1.82) is 0 Å². The summed E-state index contributed by atoms with van der Waals surface area (Å²) in [5.41, 5.74) is 11.0. The lowest BCUT2D eigenvalue weighted by Crippen LogP contribution is -2.31. The van der Waals surface area contributed by atoms with Crippen LogP contribution in [0.4, 0.5) is 5.95 Å². The zero-order valence-electron chi connectivity index (χ0n) is 19.7. The number of hydrogen-bond donors (Lipinski definition) is 7. The molecular weight excluding hydrogens is 625 g/mol. The van der Waals surface area contributed by atoms with Gasteiger partial charge in [-0.05, 0) is 17.0 Å². The monoisotopic (exact) mass is 646 g/mol. The highest BCUT2D eigenvalue weighted by Crippen LogP contribution is 2.66. The highest BCUT2D eigenvalue weighted by molar-refractivity contribution is 7.66. The van der Waals surface area contributed by atoms with E-state index in [0.29, 0.717) is 5.56 Å². The number of phosphoric acid groups is 3. The Labute approximate surface area is 226 Å². The van der Waals surface area contributed by atoms with Crippen LogP contribution in [-0.4, -0.2) is 63.9 Å². The minimum absolute atomic E-state index is 0.00790. The molecule has 3 aromatic rings. The Morgan fingerprint density at radius 2 is 1.95 bits per heavy atom. The van der Waals surface area contributed by atoms with Crippen LogP contribution in [0.15, 0.2) is 22.6 Å². The maximum Gasteiger partial charge on any atom is 0.490 e. The molecule has 5 atom stereocenters. The number of fused-ring (bicyclic) bond motifs is 1. The molecule has 1 saturated heterocycles. The van der Waals surface area contributed by atoms with Crippen molar-refractivity contribution in [2.24, 2.45) is 5.73 Å². The third-order valence-corrected chi connectivity index (χ3v) is 9.91. The molecule has 0 bridgehead atoms. The van der Waals surface area contributed by atoms with Gasteiger partial charge in [-0.25, -0.2) is 23.5 Å². The average molecular weight is 646 g/mol. The van der Waals surface area contributed by atoms with Gasteiger partial charge in [-0.3, -0.25) is 18.9 Å². The summed E-state index contributed by atoms with van der Waals surface area (Å²) >= 11 is 1.05. The van der Waals surface area contributed by atoms with Crippen LogP contribution in [0.2, 0.25) is 0 Å². The number of nitrogens with zero attached hydrogens (tertiary/aromatic N) is 3. The predicted molar refractivity (Wildman–Crippen MR) is 132 cm³/mol. The number of aromatic amines is 1.